The summed E-state index contributed by atoms with van der Waals surface area (Å²) in [7, 11) is 0. The van der Waals surface area contributed by atoms with E-state index < -0.39 is 0 Å². The van der Waals surface area contributed by atoms with Gasteiger partial charge < -0.3 is 14.8 Å². The minimum atomic E-state index is 0.306. The molecule has 0 unspecified atom stereocenters. The van der Waals surface area contributed by atoms with Crippen molar-refractivity contribution >= 4 is 0 Å². The summed E-state index contributed by atoms with van der Waals surface area (Å²) in [5, 5.41) is 3.54. The van der Waals surface area contributed by atoms with Gasteiger partial charge in [-0.25, -0.2) is 0 Å². The van der Waals surface area contributed by atoms with E-state index in [-0.39, 0.29) is 0 Å². The minimum Gasteiger partial charge on any atom is -0.375 e. The molecule has 0 aliphatic carbocycles. The molecule has 1 N–H and O–H groups in total. The molecule has 1 fully saturated rings. The maximum absolute atomic E-state index is 5.99. The molecule has 3 heteroatoms. The summed E-state index contributed by atoms with van der Waals surface area (Å²) < 4.78 is 11.8. The maximum atomic E-state index is 5.99. The van der Waals surface area contributed by atoms with Crippen LogP contribution in [0.15, 0.2) is 60.7 Å². The fraction of sp³-hybridized carbons (Fsp3) is 0.400. The van der Waals surface area contributed by atoms with Crippen molar-refractivity contribution < 1.29 is 9.47 Å². The van der Waals surface area contributed by atoms with E-state index in [4.69, 9.17) is 9.47 Å². The number of nitrogens with one attached hydrogen (secondary N) is 1. The van der Waals surface area contributed by atoms with Gasteiger partial charge in [0, 0.05) is 12.6 Å². The van der Waals surface area contributed by atoms with E-state index in [0.29, 0.717) is 25.4 Å². The molecule has 3 nitrogen and oxygen atoms in total. The lowest BCUT2D eigenvalue weighted by atomic mass is 10.0. The highest BCUT2D eigenvalue weighted by atomic mass is 16.5. The van der Waals surface area contributed by atoms with Gasteiger partial charge in [-0.2, -0.15) is 0 Å². The number of rotatable bonds is 7. The van der Waals surface area contributed by atoms with Gasteiger partial charge in [-0.3, -0.25) is 0 Å². The first-order chi connectivity index (χ1) is 11.4. The molecule has 0 saturated carbocycles. The molecule has 3 rings (SSSR count). The van der Waals surface area contributed by atoms with Gasteiger partial charge >= 0.3 is 0 Å². The van der Waals surface area contributed by atoms with Gasteiger partial charge in [-0.05, 0) is 24.0 Å². The third-order valence-electron chi connectivity index (χ3n) is 4.23. The summed E-state index contributed by atoms with van der Waals surface area (Å²) in [6, 6.07) is 21.1. The molecule has 2 aromatic carbocycles. The van der Waals surface area contributed by atoms with Crippen LogP contribution in [-0.2, 0) is 22.7 Å². The van der Waals surface area contributed by atoms with Crippen LogP contribution >= 0.6 is 0 Å². The first-order valence-corrected chi connectivity index (χ1v) is 8.41. The van der Waals surface area contributed by atoms with Gasteiger partial charge in [-0.15, -0.1) is 0 Å². The second-order valence-electron chi connectivity index (χ2n) is 6.10. The van der Waals surface area contributed by atoms with Crippen molar-refractivity contribution in [3.63, 3.8) is 0 Å². The maximum Gasteiger partial charge on any atom is 0.0721 e. The molecule has 1 aliphatic rings. The lowest BCUT2D eigenvalue weighted by Crippen LogP contribution is -2.44. The molecule has 0 radical (unpaired) electrons. The van der Waals surface area contributed by atoms with Crippen LogP contribution in [0.25, 0.3) is 0 Å². The summed E-state index contributed by atoms with van der Waals surface area (Å²) in [5.74, 6) is 0. The number of benzene rings is 2. The molecule has 0 aromatic heterocycles. The zero-order valence-electron chi connectivity index (χ0n) is 13.5. The van der Waals surface area contributed by atoms with Gasteiger partial charge in [0.1, 0.15) is 0 Å². The van der Waals surface area contributed by atoms with Gasteiger partial charge in [0.2, 0.25) is 0 Å². The van der Waals surface area contributed by atoms with Gasteiger partial charge in [0.05, 0.1) is 25.9 Å². The third-order valence-corrected chi connectivity index (χ3v) is 4.23. The van der Waals surface area contributed by atoms with E-state index in [1.54, 1.807) is 0 Å². The number of ether oxygens (including phenoxy) is 2. The van der Waals surface area contributed by atoms with Crippen molar-refractivity contribution in [2.24, 2.45) is 0 Å². The predicted octanol–water partition coefficient (Wildman–Crippen LogP) is 3.54. The predicted molar refractivity (Wildman–Crippen MR) is 92.1 cm³/mol. The standard InChI is InChI=1S/C20H25NO2/c1-3-7-17(8-4-1)14-22-16-19-11-12-20(13-21-19)23-15-18-9-5-2-6-10-18/h1-10,19-21H,11-16H2/t19-,20-/m0/s1. The fourth-order valence-electron chi connectivity index (χ4n) is 2.86. The Hall–Kier alpha value is -1.68. The first-order valence-electron chi connectivity index (χ1n) is 8.41. The van der Waals surface area contributed by atoms with Crippen LogP contribution in [0.2, 0.25) is 0 Å². The van der Waals surface area contributed by atoms with Crippen molar-refractivity contribution in [2.75, 3.05) is 13.2 Å². The average molecular weight is 311 g/mol. The number of piperidine rings is 1. The van der Waals surface area contributed by atoms with Crippen LogP contribution in [0.5, 0.6) is 0 Å². The Morgan fingerprint density at radius 1 is 0.826 bits per heavy atom. The number of hydrogen-bond donors (Lipinski definition) is 1. The first kappa shape index (κ1) is 16.2. The van der Waals surface area contributed by atoms with E-state index in [2.05, 4.69) is 41.7 Å². The lowest BCUT2D eigenvalue weighted by molar-refractivity contribution is 0.00582. The molecule has 23 heavy (non-hydrogen) atoms. The average Bonchev–Trinajstić information content (AvgIpc) is 2.63. The fourth-order valence-corrected chi connectivity index (χ4v) is 2.86. The summed E-state index contributed by atoms with van der Waals surface area (Å²) in [5.41, 5.74) is 2.47. The largest absolute Gasteiger partial charge is 0.375 e. The van der Waals surface area contributed by atoms with E-state index in [1.807, 2.05) is 24.3 Å². The normalized spacial score (nSPS) is 21.2. The Bertz CT molecular complexity index is 550. The highest BCUT2D eigenvalue weighted by Crippen LogP contribution is 2.14. The Morgan fingerprint density at radius 2 is 1.48 bits per heavy atom. The van der Waals surface area contributed by atoms with Crippen molar-refractivity contribution in [2.45, 2.75) is 38.2 Å². The Labute approximate surface area is 138 Å². The van der Waals surface area contributed by atoms with Crippen molar-refractivity contribution in [3.05, 3.63) is 71.8 Å². The molecule has 122 valence electrons. The van der Waals surface area contributed by atoms with Crippen LogP contribution in [0, 0.1) is 0 Å². The molecule has 0 spiro atoms. The van der Waals surface area contributed by atoms with Gasteiger partial charge in [0.15, 0.2) is 0 Å². The van der Waals surface area contributed by atoms with Gasteiger partial charge in [-0.1, -0.05) is 60.7 Å². The molecule has 2 aromatic rings. The van der Waals surface area contributed by atoms with E-state index >= 15 is 0 Å². The van der Waals surface area contributed by atoms with Crippen LogP contribution in [0.4, 0.5) is 0 Å². The molecule has 1 saturated heterocycles. The van der Waals surface area contributed by atoms with Crippen LogP contribution in [-0.4, -0.2) is 25.3 Å². The zero-order chi connectivity index (χ0) is 15.7. The van der Waals surface area contributed by atoms with Crippen molar-refractivity contribution in [3.8, 4) is 0 Å². The summed E-state index contributed by atoms with van der Waals surface area (Å²) in [6.45, 7) is 3.06. The van der Waals surface area contributed by atoms with E-state index in [1.165, 1.54) is 11.1 Å². The second-order valence-corrected chi connectivity index (χ2v) is 6.10. The van der Waals surface area contributed by atoms with Crippen molar-refractivity contribution in [1.29, 1.82) is 0 Å². The van der Waals surface area contributed by atoms with E-state index in [0.717, 1.165) is 26.0 Å². The smallest absolute Gasteiger partial charge is 0.0721 e. The topological polar surface area (TPSA) is 30.5 Å². The molecular formula is C20H25NO2. The van der Waals surface area contributed by atoms with E-state index in [9.17, 15) is 0 Å². The molecule has 2 atom stereocenters. The monoisotopic (exact) mass is 311 g/mol. The van der Waals surface area contributed by atoms with Crippen LogP contribution < -0.4 is 5.32 Å². The Balaban J connectivity index is 1.31. The molecule has 0 amide bonds. The molecule has 1 heterocycles. The lowest BCUT2D eigenvalue weighted by Gasteiger charge is -2.29. The highest BCUT2D eigenvalue weighted by molar-refractivity contribution is 5.14. The Kier molecular flexibility index (Phi) is 6.21. The summed E-state index contributed by atoms with van der Waals surface area (Å²) in [4.78, 5) is 0. The van der Waals surface area contributed by atoms with Crippen molar-refractivity contribution in [1.82, 2.24) is 5.32 Å². The highest BCUT2D eigenvalue weighted by Gasteiger charge is 2.21. The van der Waals surface area contributed by atoms with Crippen LogP contribution in [0.3, 0.4) is 0 Å². The van der Waals surface area contributed by atoms with Crippen LogP contribution in [0.1, 0.15) is 24.0 Å². The summed E-state index contributed by atoms with van der Waals surface area (Å²) >= 11 is 0. The zero-order valence-corrected chi connectivity index (χ0v) is 13.5. The quantitative estimate of drug-likeness (QED) is 0.848. The SMILES string of the molecule is c1ccc(COC[C@@H]2CC[C@H](OCc3ccccc3)CN2)cc1. The molecule has 1 aliphatic heterocycles. The minimum absolute atomic E-state index is 0.306. The summed E-state index contributed by atoms with van der Waals surface area (Å²) in [6.07, 6.45) is 2.51. The Morgan fingerprint density at radius 3 is 2.09 bits per heavy atom. The second kappa shape index (κ2) is 8.82. The molecular weight excluding hydrogens is 286 g/mol. The molecule has 0 bridgehead atoms. The third kappa shape index (κ3) is 5.47. The number of hydrogen-bond acceptors (Lipinski definition) is 3. The van der Waals surface area contributed by atoms with Gasteiger partial charge in [0.25, 0.3) is 0 Å².